The van der Waals surface area contributed by atoms with Gasteiger partial charge in [-0.05, 0) is 26.0 Å². The molecule has 19 heavy (non-hydrogen) atoms. The molecule has 0 aromatic carbocycles. The van der Waals surface area contributed by atoms with E-state index in [1.54, 1.807) is 19.3 Å². The van der Waals surface area contributed by atoms with Crippen LogP contribution in [-0.2, 0) is 0 Å². The second-order valence-electron chi connectivity index (χ2n) is 5.07. The quantitative estimate of drug-likeness (QED) is 0.891. The van der Waals surface area contributed by atoms with Gasteiger partial charge in [0.15, 0.2) is 0 Å². The lowest BCUT2D eigenvalue weighted by atomic mass is 10.2. The Bertz CT molecular complexity index is 439. The molecule has 0 aliphatic carbocycles. The molecule has 1 aliphatic rings. The molecule has 1 aliphatic heterocycles. The van der Waals surface area contributed by atoms with Crippen molar-refractivity contribution in [3.05, 3.63) is 23.9 Å². The minimum Gasteiger partial charge on any atom is -0.372 e. The molecule has 0 saturated carbocycles. The fraction of sp³-hybridized carbons (Fsp3) is 0.571. The molecule has 1 aromatic rings. The van der Waals surface area contributed by atoms with Gasteiger partial charge in [-0.2, -0.15) is 0 Å². The Morgan fingerprint density at radius 1 is 1.32 bits per heavy atom. The van der Waals surface area contributed by atoms with Gasteiger partial charge < -0.3 is 10.2 Å². The minimum absolute atomic E-state index is 0.0702. The molecule has 1 fully saturated rings. The van der Waals surface area contributed by atoms with E-state index in [2.05, 4.69) is 29.0 Å². The summed E-state index contributed by atoms with van der Waals surface area (Å²) in [6, 6.07) is 4.18. The number of carbonyl (C=O) groups excluding carboxylic acids is 1. The maximum atomic E-state index is 12.5. The van der Waals surface area contributed by atoms with Crippen LogP contribution in [0.25, 0.3) is 0 Å². The van der Waals surface area contributed by atoms with Gasteiger partial charge in [-0.1, -0.05) is 0 Å². The minimum atomic E-state index is 0.0702. The zero-order valence-electron chi connectivity index (χ0n) is 11.9. The molecule has 0 atom stereocenters. The van der Waals surface area contributed by atoms with Crippen molar-refractivity contribution >= 4 is 11.7 Å². The molecule has 1 N–H and O–H groups in total. The zero-order chi connectivity index (χ0) is 13.8. The number of nitrogens with zero attached hydrogens (tertiary/aromatic N) is 3. The molecule has 104 valence electrons. The fourth-order valence-electron chi connectivity index (χ4n) is 2.39. The molecule has 0 spiro atoms. The molecular weight excluding hydrogens is 240 g/mol. The van der Waals surface area contributed by atoms with Crippen LogP contribution in [0.4, 0.5) is 5.82 Å². The first-order valence-corrected chi connectivity index (χ1v) is 6.79. The number of nitrogens with one attached hydrogen (secondary N) is 1. The SMILES string of the molecule is CNc1ncccc1C(=O)N1CCN(C(C)C)CC1. The largest absolute Gasteiger partial charge is 0.372 e. The van der Waals surface area contributed by atoms with E-state index in [0.29, 0.717) is 17.4 Å². The van der Waals surface area contributed by atoms with E-state index in [9.17, 15) is 4.79 Å². The highest BCUT2D eigenvalue weighted by Crippen LogP contribution is 2.15. The molecule has 2 rings (SSSR count). The smallest absolute Gasteiger partial charge is 0.257 e. The van der Waals surface area contributed by atoms with E-state index in [0.717, 1.165) is 26.2 Å². The second kappa shape index (κ2) is 6.02. The van der Waals surface area contributed by atoms with Crippen LogP contribution in [0.1, 0.15) is 24.2 Å². The first kappa shape index (κ1) is 13.8. The van der Waals surface area contributed by atoms with Gasteiger partial charge in [-0.15, -0.1) is 0 Å². The Morgan fingerprint density at radius 2 is 2.00 bits per heavy atom. The zero-order valence-corrected chi connectivity index (χ0v) is 11.9. The lowest BCUT2D eigenvalue weighted by molar-refractivity contribution is 0.0596. The van der Waals surface area contributed by atoms with E-state index in [1.165, 1.54) is 0 Å². The van der Waals surface area contributed by atoms with Crippen LogP contribution >= 0.6 is 0 Å². The lowest BCUT2D eigenvalue weighted by Gasteiger charge is -2.37. The van der Waals surface area contributed by atoms with E-state index < -0.39 is 0 Å². The predicted octanol–water partition coefficient (Wildman–Crippen LogP) is 1.29. The Balaban J connectivity index is 2.05. The van der Waals surface area contributed by atoms with E-state index >= 15 is 0 Å². The number of hydrogen-bond donors (Lipinski definition) is 1. The van der Waals surface area contributed by atoms with Crippen LogP contribution in [0.15, 0.2) is 18.3 Å². The van der Waals surface area contributed by atoms with Crippen LogP contribution in [0.5, 0.6) is 0 Å². The molecule has 2 heterocycles. The third-order valence-electron chi connectivity index (χ3n) is 3.61. The van der Waals surface area contributed by atoms with Crippen LogP contribution in [0, 0.1) is 0 Å². The topological polar surface area (TPSA) is 48.5 Å². The highest BCUT2D eigenvalue weighted by Gasteiger charge is 2.24. The van der Waals surface area contributed by atoms with Crippen molar-refractivity contribution in [2.45, 2.75) is 19.9 Å². The number of carbonyl (C=O) groups is 1. The van der Waals surface area contributed by atoms with Gasteiger partial charge in [0.25, 0.3) is 5.91 Å². The number of anilines is 1. The molecule has 1 amide bonds. The molecule has 5 heteroatoms. The van der Waals surface area contributed by atoms with Crippen LogP contribution in [0.2, 0.25) is 0 Å². The standard InChI is InChI=1S/C14H22N4O/c1-11(2)17-7-9-18(10-8-17)14(19)12-5-4-6-16-13(12)15-3/h4-6,11H,7-10H2,1-3H3,(H,15,16). The van der Waals surface area contributed by atoms with E-state index in [-0.39, 0.29) is 5.91 Å². The number of piperazine rings is 1. The number of hydrogen-bond acceptors (Lipinski definition) is 4. The summed E-state index contributed by atoms with van der Waals surface area (Å²) in [4.78, 5) is 21.0. The van der Waals surface area contributed by atoms with Crippen molar-refractivity contribution in [2.24, 2.45) is 0 Å². The number of rotatable bonds is 3. The summed E-state index contributed by atoms with van der Waals surface area (Å²) in [6.45, 7) is 7.84. The summed E-state index contributed by atoms with van der Waals surface area (Å²) >= 11 is 0. The number of aromatic nitrogens is 1. The van der Waals surface area contributed by atoms with Crippen molar-refractivity contribution in [3.8, 4) is 0 Å². The molecule has 0 unspecified atom stereocenters. The molecule has 1 aromatic heterocycles. The molecule has 0 radical (unpaired) electrons. The van der Waals surface area contributed by atoms with Crippen molar-refractivity contribution in [1.82, 2.24) is 14.8 Å². The average molecular weight is 262 g/mol. The number of amides is 1. The summed E-state index contributed by atoms with van der Waals surface area (Å²) in [5.74, 6) is 0.722. The Labute approximate surface area is 114 Å². The first-order chi connectivity index (χ1) is 9.13. The van der Waals surface area contributed by atoms with E-state index in [1.807, 2.05) is 11.0 Å². The summed E-state index contributed by atoms with van der Waals surface area (Å²) in [7, 11) is 1.79. The highest BCUT2D eigenvalue weighted by atomic mass is 16.2. The summed E-state index contributed by atoms with van der Waals surface area (Å²) in [5.41, 5.74) is 0.656. The predicted molar refractivity (Wildman–Crippen MR) is 76.4 cm³/mol. The van der Waals surface area contributed by atoms with Gasteiger partial charge in [0.1, 0.15) is 5.82 Å². The number of pyridine rings is 1. The van der Waals surface area contributed by atoms with Crippen LogP contribution in [0.3, 0.4) is 0 Å². The Hall–Kier alpha value is -1.62. The highest BCUT2D eigenvalue weighted by molar-refractivity contribution is 5.98. The van der Waals surface area contributed by atoms with Crippen molar-refractivity contribution in [2.75, 3.05) is 38.5 Å². The molecule has 5 nitrogen and oxygen atoms in total. The summed E-state index contributed by atoms with van der Waals surface area (Å²) in [6.07, 6.45) is 1.69. The summed E-state index contributed by atoms with van der Waals surface area (Å²) < 4.78 is 0. The Kier molecular flexibility index (Phi) is 4.37. The Morgan fingerprint density at radius 3 is 2.58 bits per heavy atom. The third-order valence-corrected chi connectivity index (χ3v) is 3.61. The molecule has 0 bridgehead atoms. The average Bonchev–Trinajstić information content (AvgIpc) is 2.46. The first-order valence-electron chi connectivity index (χ1n) is 6.79. The van der Waals surface area contributed by atoms with Gasteiger partial charge in [0.05, 0.1) is 5.56 Å². The van der Waals surface area contributed by atoms with Crippen LogP contribution < -0.4 is 5.32 Å². The van der Waals surface area contributed by atoms with Gasteiger partial charge in [0, 0.05) is 45.5 Å². The molecule has 1 saturated heterocycles. The maximum absolute atomic E-state index is 12.5. The van der Waals surface area contributed by atoms with Crippen molar-refractivity contribution < 1.29 is 4.79 Å². The lowest BCUT2D eigenvalue weighted by Crippen LogP contribution is -2.50. The van der Waals surface area contributed by atoms with Crippen LogP contribution in [-0.4, -0.2) is 60.0 Å². The summed E-state index contributed by atoms with van der Waals surface area (Å²) in [5, 5.41) is 2.97. The fourth-order valence-corrected chi connectivity index (χ4v) is 2.39. The van der Waals surface area contributed by atoms with Gasteiger partial charge in [-0.25, -0.2) is 4.98 Å². The maximum Gasteiger partial charge on any atom is 0.257 e. The van der Waals surface area contributed by atoms with Gasteiger partial charge in [0.2, 0.25) is 0 Å². The van der Waals surface area contributed by atoms with Crippen molar-refractivity contribution in [1.29, 1.82) is 0 Å². The van der Waals surface area contributed by atoms with E-state index in [4.69, 9.17) is 0 Å². The monoisotopic (exact) mass is 262 g/mol. The molecular formula is C14H22N4O. The van der Waals surface area contributed by atoms with Gasteiger partial charge >= 0.3 is 0 Å². The normalized spacial score (nSPS) is 16.7. The second-order valence-corrected chi connectivity index (χ2v) is 5.07. The third kappa shape index (κ3) is 3.04. The van der Waals surface area contributed by atoms with Gasteiger partial charge in [-0.3, -0.25) is 9.69 Å². The van der Waals surface area contributed by atoms with Crippen molar-refractivity contribution in [3.63, 3.8) is 0 Å².